The van der Waals surface area contributed by atoms with Crippen molar-refractivity contribution in [1.82, 2.24) is 0 Å². The van der Waals surface area contributed by atoms with E-state index in [-0.39, 0.29) is 25.8 Å². The Labute approximate surface area is 52.4 Å². The van der Waals surface area contributed by atoms with Gasteiger partial charge in [0.25, 0.3) is 0 Å². The van der Waals surface area contributed by atoms with Gasteiger partial charge in [-0.1, -0.05) is 0 Å². The van der Waals surface area contributed by atoms with E-state index in [0.29, 0.717) is 0 Å². The van der Waals surface area contributed by atoms with Crippen LogP contribution in [0.5, 0.6) is 0 Å². The second kappa shape index (κ2) is 398. The summed E-state index contributed by atoms with van der Waals surface area (Å²) in [6.45, 7) is 12.0. The van der Waals surface area contributed by atoms with E-state index in [9.17, 15) is 0 Å². The zero-order valence-electron chi connectivity index (χ0n) is 3.41. The summed E-state index contributed by atoms with van der Waals surface area (Å²) in [5, 5.41) is 0. The van der Waals surface area contributed by atoms with Crippen LogP contribution in [0.15, 0.2) is 26.3 Å². The summed E-state index contributed by atoms with van der Waals surface area (Å²) in [4.78, 5) is 0. The molecule has 3 radical (unpaired) electrons. The van der Waals surface area contributed by atoms with Gasteiger partial charge < -0.3 is 0 Å². The fourth-order valence-electron chi connectivity index (χ4n) is 0. The Bertz CT molecular complexity index is 5.61. The van der Waals surface area contributed by atoms with E-state index in [4.69, 9.17) is 0 Å². The van der Waals surface area contributed by atoms with Gasteiger partial charge in [-0.3, -0.25) is 0 Å². The fourth-order valence-corrected chi connectivity index (χ4v) is 0. The largest absolute Gasteiger partial charge is 0.106 e. The Kier molecular flexibility index (Phi) is 1460. The topological polar surface area (TPSA) is 0 Å². The number of hydrogen-bond acceptors (Lipinski definition) is 0. The molecule has 0 aromatic rings. The van der Waals surface area contributed by atoms with Crippen LogP contribution in [-0.4, -0.2) is 25.8 Å². The molecule has 0 nitrogen and oxygen atoms in total. The summed E-state index contributed by atoms with van der Waals surface area (Å²) < 4.78 is 0. The van der Waals surface area contributed by atoms with Crippen LogP contribution in [0.4, 0.5) is 0 Å². The van der Waals surface area contributed by atoms with E-state index in [1.807, 2.05) is 0 Å². The van der Waals surface area contributed by atoms with E-state index >= 15 is 0 Å². The third-order valence-electron chi connectivity index (χ3n) is 0. The third-order valence-corrected chi connectivity index (χ3v) is 0. The van der Waals surface area contributed by atoms with Crippen LogP contribution in [0.1, 0.15) is 0 Å². The third kappa shape index (κ3) is 196. The molecular weight excluding hydrogens is 163 g/mol. The maximum Gasteiger partial charge on any atom is 0 e. The van der Waals surface area contributed by atoms with Crippen LogP contribution in [-0.2, 0) is 0 Å². The molecule has 0 amide bonds. The van der Waals surface area contributed by atoms with Crippen LogP contribution in [0.2, 0.25) is 0 Å². The summed E-state index contributed by atoms with van der Waals surface area (Å²) in [6.07, 6.45) is 0. The molecule has 5 heavy (non-hydrogen) atoms. The van der Waals surface area contributed by atoms with Crippen LogP contribution in [0.25, 0.3) is 0 Å². The first kappa shape index (κ1) is 18.3. The van der Waals surface area contributed by atoms with Gasteiger partial charge in [-0.25, -0.2) is 0 Å². The molecule has 0 atom stereocenters. The van der Waals surface area contributed by atoms with Crippen molar-refractivity contribution in [2.45, 2.75) is 0 Å². The van der Waals surface area contributed by atoms with Crippen molar-refractivity contribution in [3.63, 3.8) is 0 Å². The Morgan fingerprint density at radius 1 is 0.600 bits per heavy atom. The summed E-state index contributed by atoms with van der Waals surface area (Å²) >= 11 is 0. The van der Waals surface area contributed by atoms with E-state index in [1.165, 1.54) is 0 Å². The molecule has 0 aromatic heterocycles. The first-order chi connectivity index (χ1) is 2.00. The van der Waals surface area contributed by atoms with E-state index in [2.05, 4.69) is 26.3 Å². The van der Waals surface area contributed by atoms with Crippen LogP contribution < -0.4 is 0 Å². The zero-order chi connectivity index (χ0) is 4.00. The normalized spacial score (nSPS) is 1.60. The van der Waals surface area contributed by atoms with Gasteiger partial charge in [-0.2, -0.15) is 0 Å². The van der Waals surface area contributed by atoms with Gasteiger partial charge in [0, 0.05) is 25.8 Å². The quantitative estimate of drug-likeness (QED) is 0.480. The number of hydrogen-bond donors (Lipinski definition) is 0. The van der Waals surface area contributed by atoms with Crippen molar-refractivity contribution in [1.29, 1.82) is 0 Å². The van der Waals surface area contributed by atoms with E-state index in [1.54, 1.807) is 0 Å². The minimum Gasteiger partial charge on any atom is -0.106 e. The smallest absolute Gasteiger partial charge is 0 e. The van der Waals surface area contributed by atoms with Crippen molar-refractivity contribution in [2.24, 2.45) is 0 Å². The molecule has 0 bridgehead atoms. The Balaban J connectivity index is -0.0000000133. The molecule has 0 saturated heterocycles. The molecular formula is C4H8In. The first-order valence-corrected chi connectivity index (χ1v) is 1.000. The van der Waals surface area contributed by atoms with Gasteiger partial charge in [-0.05, 0) is 0 Å². The maximum atomic E-state index is 3.00. The average molecular weight is 171 g/mol. The second-order valence-electron chi connectivity index (χ2n) is 0. The van der Waals surface area contributed by atoms with Gasteiger partial charge in [0.1, 0.15) is 0 Å². The Hall–Kier alpha value is 0.350. The number of rotatable bonds is 0. The molecule has 1 heteroatoms. The molecule has 0 aliphatic rings. The maximum absolute atomic E-state index is 3.00. The van der Waals surface area contributed by atoms with Gasteiger partial charge in [0.15, 0.2) is 0 Å². The summed E-state index contributed by atoms with van der Waals surface area (Å²) in [5.74, 6) is 0. The minimum atomic E-state index is 0. The minimum absolute atomic E-state index is 0. The zero-order valence-corrected chi connectivity index (χ0v) is 6.70. The predicted molar refractivity (Wildman–Crippen MR) is 28.3 cm³/mol. The van der Waals surface area contributed by atoms with Gasteiger partial charge in [0.05, 0.1) is 0 Å². The van der Waals surface area contributed by atoms with Crippen molar-refractivity contribution < 1.29 is 0 Å². The average Bonchev–Trinajstić information content (AvgIpc) is 1.50. The molecule has 0 spiro atoms. The molecule has 27 valence electrons. The summed E-state index contributed by atoms with van der Waals surface area (Å²) in [6, 6.07) is 0. The SMILES string of the molecule is C=C.C=C.[In]. The Morgan fingerprint density at radius 2 is 0.600 bits per heavy atom. The van der Waals surface area contributed by atoms with Gasteiger partial charge >= 0.3 is 0 Å². The van der Waals surface area contributed by atoms with Gasteiger partial charge in [-0.15, -0.1) is 26.3 Å². The standard InChI is InChI=1S/2C2H4.In/c2*1-2;/h2*1-2H2;. The molecule has 0 N–H and O–H groups in total. The molecule has 0 heterocycles. The van der Waals surface area contributed by atoms with Crippen molar-refractivity contribution in [3.8, 4) is 0 Å². The summed E-state index contributed by atoms with van der Waals surface area (Å²) in [7, 11) is 0. The van der Waals surface area contributed by atoms with Crippen molar-refractivity contribution in [2.75, 3.05) is 0 Å². The molecule has 0 saturated carbocycles. The summed E-state index contributed by atoms with van der Waals surface area (Å²) in [5.41, 5.74) is 0. The van der Waals surface area contributed by atoms with E-state index < -0.39 is 0 Å². The molecule has 0 fully saturated rings. The van der Waals surface area contributed by atoms with Crippen LogP contribution in [0, 0.1) is 0 Å². The molecule has 0 aliphatic heterocycles. The van der Waals surface area contributed by atoms with Crippen molar-refractivity contribution in [3.05, 3.63) is 26.3 Å². The predicted octanol–water partition coefficient (Wildman–Crippen LogP) is 1.22. The molecule has 0 unspecified atom stereocenters. The molecule has 0 aromatic carbocycles. The first-order valence-electron chi connectivity index (χ1n) is 1.000. The van der Waals surface area contributed by atoms with E-state index in [0.717, 1.165) is 0 Å². The monoisotopic (exact) mass is 171 g/mol. The Morgan fingerprint density at radius 3 is 0.600 bits per heavy atom. The van der Waals surface area contributed by atoms with Crippen molar-refractivity contribution >= 4 is 25.8 Å². The van der Waals surface area contributed by atoms with Crippen LogP contribution in [0.3, 0.4) is 0 Å². The fraction of sp³-hybridized carbons (Fsp3) is 0. The molecule has 0 aliphatic carbocycles. The second-order valence-corrected chi connectivity index (χ2v) is 0. The van der Waals surface area contributed by atoms with Gasteiger partial charge in [0.2, 0.25) is 0 Å². The molecule has 0 rings (SSSR count). The van der Waals surface area contributed by atoms with Crippen LogP contribution >= 0.6 is 0 Å².